The first-order valence-electron chi connectivity index (χ1n) is 20.9. The van der Waals surface area contributed by atoms with Gasteiger partial charge in [-0.2, -0.15) is 0 Å². The van der Waals surface area contributed by atoms with E-state index in [4.69, 9.17) is 13.9 Å². The molecule has 0 aromatic carbocycles. The minimum absolute atomic E-state index is 0.0719. The number of nitrogens with zero attached hydrogens (tertiary/aromatic N) is 3. The molecule has 1 aromatic rings. The monoisotopic (exact) mass is 778 g/mol. The Morgan fingerprint density at radius 2 is 1.73 bits per heavy atom. The van der Waals surface area contributed by atoms with Gasteiger partial charge in [-0.25, -0.2) is 4.79 Å². The van der Waals surface area contributed by atoms with Gasteiger partial charge in [0.1, 0.15) is 11.7 Å². The Bertz CT molecular complexity index is 1480. The van der Waals surface area contributed by atoms with Crippen LogP contribution in [-0.2, 0) is 18.7 Å². The smallest absolute Gasteiger partial charge is 0.410 e. The number of ether oxygens (including phenoxy) is 2. The van der Waals surface area contributed by atoms with E-state index in [0.717, 1.165) is 24.4 Å². The second kappa shape index (κ2) is 20.4. The van der Waals surface area contributed by atoms with Crippen LogP contribution in [0.2, 0.25) is 18.1 Å². The van der Waals surface area contributed by atoms with Gasteiger partial charge < -0.3 is 23.9 Å². The van der Waals surface area contributed by atoms with E-state index in [9.17, 15) is 14.7 Å². The second-order valence-corrected chi connectivity index (χ2v) is 22.7. The average Bonchev–Trinajstić information content (AvgIpc) is 3.43. The number of cyclic esters (lactones) is 1. The molecular formula is C45H71N3O6Si. The lowest BCUT2D eigenvalue weighted by Crippen LogP contribution is -2.53. The maximum absolute atomic E-state index is 13.7. The molecule has 3 aliphatic rings. The number of aliphatic hydroxyl groups is 1. The van der Waals surface area contributed by atoms with Crippen LogP contribution in [0.3, 0.4) is 0 Å². The van der Waals surface area contributed by atoms with Crippen molar-refractivity contribution in [2.45, 2.75) is 160 Å². The van der Waals surface area contributed by atoms with Crippen LogP contribution in [0.15, 0.2) is 72.5 Å². The molecule has 1 saturated heterocycles. The zero-order valence-electron chi connectivity index (χ0n) is 35.3. The number of esters is 1. The first kappa shape index (κ1) is 44.7. The van der Waals surface area contributed by atoms with Crippen LogP contribution in [-0.4, -0.2) is 96.4 Å². The highest BCUT2D eigenvalue weighted by atomic mass is 28.4. The summed E-state index contributed by atoms with van der Waals surface area (Å²) in [6.07, 6.45) is 21.6. The minimum atomic E-state index is -2.28. The van der Waals surface area contributed by atoms with Gasteiger partial charge in [0, 0.05) is 55.9 Å². The number of carbonyl (C=O) groups is 2. The molecule has 1 aromatic heterocycles. The number of pyridine rings is 1. The van der Waals surface area contributed by atoms with Crippen LogP contribution >= 0.6 is 0 Å². The lowest BCUT2D eigenvalue weighted by molar-refractivity contribution is -0.151. The van der Waals surface area contributed by atoms with Crippen molar-refractivity contribution in [3.05, 3.63) is 78.2 Å². The number of aromatic nitrogens is 1. The van der Waals surface area contributed by atoms with Crippen LogP contribution in [0.5, 0.6) is 0 Å². The summed E-state index contributed by atoms with van der Waals surface area (Å²) in [7, 11) is -2.28. The summed E-state index contributed by atoms with van der Waals surface area (Å²) in [5, 5.41) is 12.0. The van der Waals surface area contributed by atoms with Gasteiger partial charge in [-0.15, -0.1) is 0 Å². The molecule has 306 valence electrons. The van der Waals surface area contributed by atoms with Crippen molar-refractivity contribution in [1.82, 2.24) is 14.8 Å². The summed E-state index contributed by atoms with van der Waals surface area (Å²) in [6.45, 7) is 21.6. The molecule has 1 aliphatic carbocycles. The Labute approximate surface area is 333 Å². The number of carbonyl (C=O) groups excluding carboxylic acids is 2. The molecular weight excluding hydrogens is 707 g/mol. The Balaban J connectivity index is 1.54. The molecule has 0 bridgehead atoms. The molecule has 1 N–H and O–H groups in total. The summed E-state index contributed by atoms with van der Waals surface area (Å²) in [4.78, 5) is 36.2. The standard InChI is InChI=1S/C45H71N3O6Si/c1-34(39-23-17-18-28-46-39)19-13-12-14-20-35(2)42-36(3)24-25-40(52-43(50)48-31-29-47(30-32-48)37-21-15-10-11-16-22-37)45(7,51)27-26-38(33-41(49)53-42)54-55(8,9)44(4,5)6/h12-14,17-20,23-25,28,34,36-38,40,42,51H,10-11,15-16,21-22,26-27,29-33H2,1-9H3/b14-12+,19-13+,25-24+,35-20+/t34?,36?,38?,40-,42?,45+/m0/s1. The van der Waals surface area contributed by atoms with Crippen molar-refractivity contribution < 1.29 is 28.6 Å². The highest BCUT2D eigenvalue weighted by molar-refractivity contribution is 6.74. The number of hydrogen-bond acceptors (Lipinski definition) is 8. The largest absolute Gasteiger partial charge is 0.457 e. The Hall–Kier alpha value is -3.05. The number of allylic oxidation sites excluding steroid dienone is 5. The SMILES string of the molecule is C\C(=C/C=C/C=C/C(C)c1ccccn1)C1OC(=O)CC(O[Si](C)(C)C(C)(C)C)CC[C@@](C)(O)[C@@H](OC(=O)N2CCN(C3CCCCCC3)CC2)/C=C/C1C. The zero-order valence-corrected chi connectivity index (χ0v) is 36.3. The molecule has 0 spiro atoms. The second-order valence-electron chi connectivity index (χ2n) is 18.0. The van der Waals surface area contributed by atoms with Crippen molar-refractivity contribution in [2.24, 2.45) is 5.92 Å². The van der Waals surface area contributed by atoms with Crippen LogP contribution < -0.4 is 0 Å². The van der Waals surface area contributed by atoms with Crippen molar-refractivity contribution in [3.8, 4) is 0 Å². The van der Waals surface area contributed by atoms with Crippen LogP contribution in [0, 0.1) is 5.92 Å². The Kier molecular flexibility index (Phi) is 16.6. The van der Waals surface area contributed by atoms with Gasteiger partial charge in [0.05, 0.1) is 12.5 Å². The highest BCUT2D eigenvalue weighted by Gasteiger charge is 2.42. The molecule has 1 saturated carbocycles. The predicted molar refractivity (Wildman–Crippen MR) is 224 cm³/mol. The third-order valence-electron chi connectivity index (χ3n) is 12.3. The fourth-order valence-corrected chi connectivity index (χ4v) is 8.94. The van der Waals surface area contributed by atoms with E-state index >= 15 is 0 Å². The quantitative estimate of drug-likeness (QED) is 0.0871. The minimum Gasteiger partial charge on any atom is -0.457 e. The first-order valence-corrected chi connectivity index (χ1v) is 23.8. The first-order chi connectivity index (χ1) is 26.0. The maximum Gasteiger partial charge on any atom is 0.410 e. The van der Waals surface area contributed by atoms with Gasteiger partial charge in [-0.1, -0.05) is 103 Å². The van der Waals surface area contributed by atoms with Crippen molar-refractivity contribution in [1.29, 1.82) is 0 Å². The fourth-order valence-electron chi connectivity index (χ4n) is 7.55. The lowest BCUT2D eigenvalue weighted by atomic mass is 9.89. The van der Waals surface area contributed by atoms with Crippen LogP contribution in [0.25, 0.3) is 0 Å². The van der Waals surface area contributed by atoms with Crippen molar-refractivity contribution in [2.75, 3.05) is 26.2 Å². The molecule has 4 unspecified atom stereocenters. The van der Waals surface area contributed by atoms with E-state index in [1.54, 1.807) is 24.1 Å². The molecule has 6 atom stereocenters. The van der Waals surface area contributed by atoms with Gasteiger partial charge >= 0.3 is 12.1 Å². The van der Waals surface area contributed by atoms with Gasteiger partial charge in [0.25, 0.3) is 0 Å². The molecule has 4 rings (SSSR count). The molecule has 3 heterocycles. The molecule has 2 aliphatic heterocycles. The molecule has 1 amide bonds. The van der Waals surface area contributed by atoms with E-state index < -0.39 is 38.3 Å². The van der Waals surface area contributed by atoms with E-state index in [1.807, 2.05) is 62.4 Å². The van der Waals surface area contributed by atoms with Gasteiger partial charge in [0.15, 0.2) is 14.4 Å². The molecule has 55 heavy (non-hydrogen) atoms. The third kappa shape index (κ3) is 13.5. The van der Waals surface area contributed by atoms with Crippen LogP contribution in [0.4, 0.5) is 4.79 Å². The van der Waals surface area contributed by atoms with Gasteiger partial charge in [0.2, 0.25) is 0 Å². The molecule has 2 fully saturated rings. The normalized spacial score (nSPS) is 28.9. The third-order valence-corrected chi connectivity index (χ3v) is 16.8. The summed E-state index contributed by atoms with van der Waals surface area (Å²) in [6, 6.07) is 6.52. The van der Waals surface area contributed by atoms with Gasteiger partial charge in [-0.05, 0) is 81.4 Å². The summed E-state index contributed by atoms with van der Waals surface area (Å²) < 4.78 is 19.3. The number of hydrogen-bond donors (Lipinski definition) is 1. The van der Waals surface area contributed by atoms with E-state index in [0.29, 0.717) is 25.6 Å². The maximum atomic E-state index is 13.7. The van der Waals surface area contributed by atoms with Crippen LogP contribution in [0.1, 0.15) is 118 Å². The summed E-state index contributed by atoms with van der Waals surface area (Å²) >= 11 is 0. The molecule has 10 heteroatoms. The topological polar surface area (TPSA) is 101 Å². The number of amides is 1. The zero-order chi connectivity index (χ0) is 40.2. The lowest BCUT2D eigenvalue weighted by Gasteiger charge is -2.41. The number of rotatable bonds is 9. The van der Waals surface area contributed by atoms with E-state index in [-0.39, 0.29) is 35.7 Å². The predicted octanol–water partition coefficient (Wildman–Crippen LogP) is 9.52. The number of piperazine rings is 1. The summed E-state index contributed by atoms with van der Waals surface area (Å²) in [5.41, 5.74) is 0.485. The molecule has 0 radical (unpaired) electrons. The Morgan fingerprint density at radius 1 is 1.04 bits per heavy atom. The van der Waals surface area contributed by atoms with E-state index in [2.05, 4.69) is 56.7 Å². The molecule has 9 nitrogen and oxygen atoms in total. The fraction of sp³-hybridized carbons (Fsp3) is 0.667. The highest BCUT2D eigenvalue weighted by Crippen LogP contribution is 2.39. The van der Waals surface area contributed by atoms with Crippen molar-refractivity contribution in [3.63, 3.8) is 0 Å². The van der Waals surface area contributed by atoms with Crippen molar-refractivity contribution >= 4 is 20.4 Å². The van der Waals surface area contributed by atoms with Gasteiger partial charge in [-0.3, -0.25) is 14.7 Å². The average molecular weight is 778 g/mol. The van der Waals surface area contributed by atoms with E-state index in [1.165, 1.54) is 38.5 Å². The summed E-state index contributed by atoms with van der Waals surface area (Å²) in [5.74, 6) is -0.432. The Morgan fingerprint density at radius 3 is 2.36 bits per heavy atom.